The molecule has 2 N–H and O–H groups in total. The average molecular weight is 531 g/mol. The van der Waals surface area contributed by atoms with Gasteiger partial charge in [-0.15, -0.1) is 11.3 Å². The zero-order valence-corrected chi connectivity index (χ0v) is 20.6. The summed E-state index contributed by atoms with van der Waals surface area (Å²) < 4.78 is 36.4. The van der Waals surface area contributed by atoms with Crippen LogP contribution < -0.4 is 20.2 Å². The summed E-state index contributed by atoms with van der Waals surface area (Å²) in [5.41, 5.74) is 6.34. The smallest absolute Gasteiger partial charge is 0.258 e. The molecule has 7 nitrogen and oxygen atoms in total. The van der Waals surface area contributed by atoms with Crippen LogP contribution in [0.15, 0.2) is 18.7 Å². The highest BCUT2D eigenvalue weighted by molar-refractivity contribution is 7.14. The Bertz CT molecular complexity index is 1500. The van der Waals surface area contributed by atoms with Crippen molar-refractivity contribution < 1.29 is 23.1 Å². The highest BCUT2D eigenvalue weighted by Gasteiger charge is 2.37. The van der Waals surface area contributed by atoms with E-state index in [0.29, 0.717) is 25.1 Å². The van der Waals surface area contributed by atoms with E-state index < -0.39 is 17.6 Å². The van der Waals surface area contributed by atoms with Crippen molar-refractivity contribution in [3.63, 3.8) is 0 Å². The first-order valence-corrected chi connectivity index (χ1v) is 12.5. The number of hydrogen-bond donors (Lipinski definition) is 1. The molecule has 3 heterocycles. The number of ether oxygens (including phenoxy) is 1. The van der Waals surface area contributed by atoms with Gasteiger partial charge >= 0.3 is 0 Å². The zero-order valence-electron chi connectivity index (χ0n) is 19.1. The molecule has 2 aliphatic heterocycles. The van der Waals surface area contributed by atoms with Crippen LogP contribution in [0.4, 0.5) is 13.8 Å². The number of nitrogens with two attached hydrogens (primary N) is 1. The van der Waals surface area contributed by atoms with Crippen LogP contribution in [0, 0.1) is 17.1 Å². The molecule has 1 aromatic carbocycles. The van der Waals surface area contributed by atoms with E-state index in [0.717, 1.165) is 17.4 Å². The summed E-state index contributed by atoms with van der Waals surface area (Å²) in [4.78, 5) is 28.8. The number of nitrogen functional groups attached to an aromatic ring is 1. The quantitative estimate of drug-likeness (QED) is 0.602. The summed E-state index contributed by atoms with van der Waals surface area (Å²) in [5.74, 6) is -1.80. The number of carbonyl (C=O) groups excluding carboxylic acids is 2. The van der Waals surface area contributed by atoms with Gasteiger partial charge < -0.3 is 20.3 Å². The molecule has 1 aromatic heterocycles. The van der Waals surface area contributed by atoms with E-state index in [2.05, 4.69) is 6.58 Å². The average Bonchev–Trinajstić information content (AvgIpc) is 3.21. The van der Waals surface area contributed by atoms with Gasteiger partial charge in [-0.3, -0.25) is 9.59 Å². The SMILES string of the molecule is C=CC(=O)N1CCN2C(=O)c3cc(F)c(C4=c5c(C#N)c(N)sc5=C(F)CC4)c(Cl)c3OCC[C@H]2C1. The molecule has 0 unspecified atom stereocenters. The van der Waals surface area contributed by atoms with Crippen molar-refractivity contribution in [1.29, 1.82) is 5.26 Å². The third-order valence-electron chi connectivity index (χ3n) is 6.82. The second kappa shape index (κ2) is 9.22. The zero-order chi connectivity index (χ0) is 25.7. The summed E-state index contributed by atoms with van der Waals surface area (Å²) in [7, 11) is 0. The van der Waals surface area contributed by atoms with Crippen molar-refractivity contribution in [2.24, 2.45) is 0 Å². The number of halogens is 3. The molecule has 0 spiro atoms. The maximum absolute atomic E-state index is 15.7. The Morgan fingerprint density at radius 2 is 2.14 bits per heavy atom. The molecular formula is C25H21ClF2N4O3S. The number of anilines is 1. The molecule has 186 valence electrons. The van der Waals surface area contributed by atoms with Crippen molar-refractivity contribution in [1.82, 2.24) is 9.80 Å². The Balaban J connectivity index is 1.64. The molecule has 1 atom stereocenters. The van der Waals surface area contributed by atoms with Gasteiger partial charge in [0, 0.05) is 43.3 Å². The van der Waals surface area contributed by atoms with E-state index in [1.807, 2.05) is 6.07 Å². The minimum absolute atomic E-state index is 0.00911. The molecular weight excluding hydrogens is 510 g/mol. The predicted molar refractivity (Wildman–Crippen MR) is 132 cm³/mol. The van der Waals surface area contributed by atoms with Gasteiger partial charge in [0.15, 0.2) is 5.75 Å². The van der Waals surface area contributed by atoms with Crippen LogP contribution in [-0.4, -0.2) is 53.9 Å². The molecule has 1 saturated heterocycles. The number of rotatable bonds is 2. The third kappa shape index (κ3) is 3.74. The van der Waals surface area contributed by atoms with Crippen molar-refractivity contribution in [2.45, 2.75) is 25.3 Å². The van der Waals surface area contributed by atoms with Gasteiger partial charge in [-0.2, -0.15) is 5.26 Å². The summed E-state index contributed by atoms with van der Waals surface area (Å²) in [6, 6.07) is 2.78. The topological polar surface area (TPSA) is 99.7 Å². The Labute approximate surface area is 214 Å². The van der Waals surface area contributed by atoms with E-state index in [1.54, 1.807) is 9.80 Å². The fraction of sp³-hybridized carbons (Fsp3) is 0.320. The highest BCUT2D eigenvalue weighted by Crippen LogP contribution is 2.41. The van der Waals surface area contributed by atoms with E-state index in [1.165, 1.54) is 6.08 Å². The molecule has 5 rings (SSSR count). The monoisotopic (exact) mass is 530 g/mol. The fourth-order valence-corrected chi connectivity index (χ4v) is 6.46. The lowest BCUT2D eigenvalue weighted by Gasteiger charge is -2.42. The van der Waals surface area contributed by atoms with Crippen LogP contribution in [0.5, 0.6) is 5.75 Å². The Kier molecular flexibility index (Phi) is 6.22. The summed E-state index contributed by atoms with van der Waals surface area (Å²) in [6.07, 6.45) is 1.79. The molecule has 1 fully saturated rings. The van der Waals surface area contributed by atoms with Gasteiger partial charge in [0.2, 0.25) is 5.91 Å². The molecule has 2 amide bonds. The number of fused-ring (bicyclic) bond motifs is 3. The van der Waals surface area contributed by atoms with Crippen molar-refractivity contribution in [3.05, 3.63) is 56.0 Å². The molecule has 1 aliphatic carbocycles. The van der Waals surface area contributed by atoms with Gasteiger partial charge in [0.05, 0.1) is 33.3 Å². The van der Waals surface area contributed by atoms with Gasteiger partial charge in [-0.1, -0.05) is 18.2 Å². The Hall–Kier alpha value is -3.42. The maximum Gasteiger partial charge on any atom is 0.258 e. The molecule has 0 bridgehead atoms. The van der Waals surface area contributed by atoms with Crippen LogP contribution in [0.25, 0.3) is 11.4 Å². The second-order valence-corrected chi connectivity index (χ2v) is 10.2. The predicted octanol–water partition coefficient (Wildman–Crippen LogP) is 2.69. The first-order chi connectivity index (χ1) is 17.3. The summed E-state index contributed by atoms with van der Waals surface area (Å²) >= 11 is 7.63. The number of nitrogens with zero attached hydrogens (tertiary/aromatic N) is 3. The Morgan fingerprint density at radius 1 is 1.36 bits per heavy atom. The molecule has 36 heavy (non-hydrogen) atoms. The highest BCUT2D eigenvalue weighted by atomic mass is 35.5. The molecule has 11 heteroatoms. The number of thiophene rings is 1. The van der Waals surface area contributed by atoms with Gasteiger partial charge in [-0.05, 0) is 24.1 Å². The first-order valence-electron chi connectivity index (χ1n) is 11.3. The van der Waals surface area contributed by atoms with Crippen LogP contribution >= 0.6 is 22.9 Å². The van der Waals surface area contributed by atoms with Gasteiger partial charge in [-0.25, -0.2) is 8.78 Å². The van der Waals surface area contributed by atoms with E-state index in [-0.39, 0.29) is 80.2 Å². The van der Waals surface area contributed by atoms with Crippen molar-refractivity contribution in [2.75, 3.05) is 32.0 Å². The van der Waals surface area contributed by atoms with Crippen LogP contribution in [0.2, 0.25) is 5.02 Å². The normalized spacial score (nSPS) is 19.4. The van der Waals surface area contributed by atoms with Crippen LogP contribution in [-0.2, 0) is 4.79 Å². The minimum Gasteiger partial charge on any atom is -0.491 e. The number of hydrogen-bond acceptors (Lipinski definition) is 6. The maximum atomic E-state index is 15.7. The Morgan fingerprint density at radius 3 is 2.86 bits per heavy atom. The lowest BCUT2D eigenvalue weighted by molar-refractivity contribution is -0.128. The van der Waals surface area contributed by atoms with E-state index in [9.17, 15) is 19.2 Å². The van der Waals surface area contributed by atoms with Gasteiger partial charge in [0.1, 0.15) is 22.7 Å². The van der Waals surface area contributed by atoms with Crippen molar-refractivity contribution >= 4 is 51.2 Å². The largest absolute Gasteiger partial charge is 0.491 e. The standard InChI is InChI=1S/C25H21ClF2N4O3S/c1-2-18(33)31-6-7-32-12(11-31)5-8-35-22-14(25(32)34)9-17(28)20(21(22)26)13-3-4-16(27)23-19(13)15(10-29)24(30)36-23/h2,9,12H,1,3-8,11,30H2/t12-/m0/s1. The molecule has 0 radical (unpaired) electrons. The lowest BCUT2D eigenvalue weighted by atomic mass is 9.92. The molecule has 0 saturated carbocycles. The number of amides is 2. The first kappa shape index (κ1) is 24.3. The summed E-state index contributed by atoms with van der Waals surface area (Å²) in [6.45, 7) is 4.62. The lowest BCUT2D eigenvalue weighted by Crippen LogP contribution is -2.57. The van der Waals surface area contributed by atoms with E-state index in [4.69, 9.17) is 22.1 Å². The van der Waals surface area contributed by atoms with Crippen molar-refractivity contribution in [3.8, 4) is 11.8 Å². The number of nitriles is 1. The number of piperazine rings is 1. The van der Waals surface area contributed by atoms with Crippen LogP contribution in [0.3, 0.4) is 0 Å². The number of carbonyl (C=O) groups is 2. The summed E-state index contributed by atoms with van der Waals surface area (Å²) in [5, 5.41) is 9.91. The molecule has 2 aromatic rings. The fourth-order valence-electron chi connectivity index (χ4n) is 5.09. The second-order valence-electron chi connectivity index (χ2n) is 8.74. The number of benzene rings is 1. The van der Waals surface area contributed by atoms with Crippen LogP contribution in [0.1, 0.15) is 40.7 Å². The van der Waals surface area contributed by atoms with E-state index >= 15 is 4.39 Å². The minimum atomic E-state index is -0.773. The molecule has 3 aliphatic rings. The third-order valence-corrected chi connectivity index (χ3v) is 8.24. The van der Waals surface area contributed by atoms with Gasteiger partial charge in [0.25, 0.3) is 5.91 Å².